The maximum absolute atomic E-state index is 12.5. The molecule has 6 heteroatoms. The third kappa shape index (κ3) is 2.73. The molecular formula is C14H19ClN2O3. The Morgan fingerprint density at radius 2 is 1.85 bits per heavy atom. The Labute approximate surface area is 122 Å². The maximum atomic E-state index is 12.5. The lowest BCUT2D eigenvalue weighted by Crippen LogP contribution is -2.44. The van der Waals surface area contributed by atoms with E-state index in [9.17, 15) is 14.4 Å². The summed E-state index contributed by atoms with van der Waals surface area (Å²) in [7, 11) is 0. The summed E-state index contributed by atoms with van der Waals surface area (Å²) in [6.07, 6.45) is 6.00. The molecule has 1 heterocycles. The van der Waals surface area contributed by atoms with E-state index in [1.54, 1.807) is 0 Å². The molecule has 1 aromatic heterocycles. The van der Waals surface area contributed by atoms with Gasteiger partial charge in [0, 0.05) is 18.3 Å². The summed E-state index contributed by atoms with van der Waals surface area (Å²) in [5.41, 5.74) is -1.03. The Hall–Kier alpha value is -1.36. The fraction of sp³-hybridized carbons (Fsp3) is 0.643. The summed E-state index contributed by atoms with van der Waals surface area (Å²) in [6, 6.07) is -0.252. The Morgan fingerprint density at radius 3 is 2.35 bits per heavy atom. The largest absolute Gasteiger partial charge is 0.331 e. The zero-order valence-electron chi connectivity index (χ0n) is 11.8. The van der Waals surface area contributed by atoms with Gasteiger partial charge in [-0.25, -0.2) is 4.79 Å². The van der Waals surface area contributed by atoms with Crippen molar-refractivity contribution in [2.75, 3.05) is 0 Å². The molecule has 110 valence electrons. The van der Waals surface area contributed by atoms with Crippen LogP contribution in [0.2, 0.25) is 0 Å². The van der Waals surface area contributed by atoms with Gasteiger partial charge in [0.15, 0.2) is 0 Å². The second kappa shape index (κ2) is 5.95. The number of aromatic nitrogens is 2. The molecule has 2 rings (SSSR count). The number of hydrogen-bond acceptors (Lipinski definition) is 3. The molecule has 0 amide bonds. The molecule has 1 fully saturated rings. The van der Waals surface area contributed by atoms with Gasteiger partial charge in [0.1, 0.15) is 5.56 Å². The molecule has 0 atom stereocenters. The summed E-state index contributed by atoms with van der Waals surface area (Å²) in [5.74, 6) is 0. The lowest BCUT2D eigenvalue weighted by Gasteiger charge is -2.25. The van der Waals surface area contributed by atoms with E-state index < -0.39 is 10.8 Å². The molecule has 0 N–H and O–H groups in total. The summed E-state index contributed by atoms with van der Waals surface area (Å²) in [6.45, 7) is 3.67. The Balaban J connectivity index is 2.67. The molecule has 20 heavy (non-hydrogen) atoms. The van der Waals surface area contributed by atoms with Crippen LogP contribution < -0.4 is 11.2 Å². The second-order valence-electron chi connectivity index (χ2n) is 5.57. The van der Waals surface area contributed by atoms with E-state index >= 15 is 0 Å². The van der Waals surface area contributed by atoms with E-state index in [4.69, 9.17) is 11.6 Å². The van der Waals surface area contributed by atoms with Crippen LogP contribution in [-0.2, 0) is 0 Å². The molecule has 0 aliphatic heterocycles. The van der Waals surface area contributed by atoms with Gasteiger partial charge in [-0.05, 0) is 38.3 Å². The van der Waals surface area contributed by atoms with Crippen molar-refractivity contribution < 1.29 is 4.79 Å². The normalized spacial score (nSPS) is 16.6. The summed E-state index contributed by atoms with van der Waals surface area (Å²) in [4.78, 5) is 36.3. The quantitative estimate of drug-likeness (QED) is 0.805. The maximum Gasteiger partial charge on any atom is 0.331 e. The van der Waals surface area contributed by atoms with E-state index in [1.165, 1.54) is 15.3 Å². The summed E-state index contributed by atoms with van der Waals surface area (Å²) >= 11 is 5.48. The van der Waals surface area contributed by atoms with E-state index in [-0.39, 0.29) is 23.3 Å². The van der Waals surface area contributed by atoms with Crippen molar-refractivity contribution in [2.24, 2.45) is 0 Å². The SMILES string of the molecule is CC(C)n1cc(C(=O)Cl)c(=O)n(C2CCCCC2)c1=O. The molecule has 1 saturated carbocycles. The molecule has 1 aromatic rings. The van der Waals surface area contributed by atoms with Crippen molar-refractivity contribution >= 4 is 16.8 Å². The fourth-order valence-electron chi connectivity index (χ4n) is 2.76. The zero-order valence-corrected chi connectivity index (χ0v) is 12.5. The molecule has 1 aliphatic carbocycles. The van der Waals surface area contributed by atoms with Crippen LogP contribution in [-0.4, -0.2) is 14.4 Å². The van der Waals surface area contributed by atoms with Gasteiger partial charge in [-0.2, -0.15) is 0 Å². The molecule has 0 aromatic carbocycles. The van der Waals surface area contributed by atoms with Gasteiger partial charge < -0.3 is 0 Å². The number of carbonyl (C=O) groups excluding carboxylic acids is 1. The van der Waals surface area contributed by atoms with E-state index in [0.29, 0.717) is 0 Å². The zero-order chi connectivity index (χ0) is 14.9. The van der Waals surface area contributed by atoms with Gasteiger partial charge in [-0.15, -0.1) is 0 Å². The number of nitrogens with zero attached hydrogens (tertiary/aromatic N) is 2. The van der Waals surface area contributed by atoms with Gasteiger partial charge >= 0.3 is 5.69 Å². The van der Waals surface area contributed by atoms with Crippen LogP contribution in [0, 0.1) is 0 Å². The average Bonchev–Trinajstić information content (AvgIpc) is 2.39. The highest BCUT2D eigenvalue weighted by molar-refractivity contribution is 6.67. The topological polar surface area (TPSA) is 61.1 Å². The molecule has 1 aliphatic rings. The van der Waals surface area contributed by atoms with Crippen LogP contribution in [0.1, 0.15) is 68.4 Å². The van der Waals surface area contributed by atoms with Crippen molar-refractivity contribution in [1.82, 2.24) is 9.13 Å². The molecule has 0 radical (unpaired) electrons. The predicted octanol–water partition coefficient (Wildman–Crippen LogP) is 2.48. The Bertz CT molecular complexity index is 624. The van der Waals surface area contributed by atoms with Crippen molar-refractivity contribution in [3.8, 4) is 0 Å². The fourth-order valence-corrected chi connectivity index (χ4v) is 2.89. The van der Waals surface area contributed by atoms with Crippen LogP contribution in [0.4, 0.5) is 0 Å². The molecule has 5 nitrogen and oxygen atoms in total. The monoisotopic (exact) mass is 298 g/mol. The second-order valence-corrected chi connectivity index (χ2v) is 5.91. The Morgan fingerprint density at radius 1 is 1.25 bits per heavy atom. The predicted molar refractivity (Wildman–Crippen MR) is 77.7 cm³/mol. The summed E-state index contributed by atoms with van der Waals surface area (Å²) < 4.78 is 2.64. The minimum atomic E-state index is -0.811. The molecule has 0 spiro atoms. The van der Waals surface area contributed by atoms with Crippen molar-refractivity contribution in [1.29, 1.82) is 0 Å². The van der Waals surface area contributed by atoms with Crippen LogP contribution in [0.5, 0.6) is 0 Å². The molecule has 0 bridgehead atoms. The number of carbonyl (C=O) groups is 1. The minimum Gasteiger partial charge on any atom is -0.297 e. The van der Waals surface area contributed by atoms with Gasteiger partial charge in [0.2, 0.25) is 0 Å². The van der Waals surface area contributed by atoms with Gasteiger partial charge in [0.25, 0.3) is 10.8 Å². The van der Waals surface area contributed by atoms with Gasteiger partial charge in [-0.1, -0.05) is 19.3 Å². The minimum absolute atomic E-state index is 0.120. The third-order valence-corrected chi connectivity index (χ3v) is 4.06. The lowest BCUT2D eigenvalue weighted by molar-refractivity contribution is 0.107. The summed E-state index contributed by atoms with van der Waals surface area (Å²) in [5, 5.41) is -0.811. The first-order valence-corrected chi connectivity index (χ1v) is 7.38. The van der Waals surface area contributed by atoms with Gasteiger partial charge in [-0.3, -0.25) is 18.7 Å². The van der Waals surface area contributed by atoms with Crippen LogP contribution in [0.3, 0.4) is 0 Å². The first-order valence-electron chi connectivity index (χ1n) is 7.01. The van der Waals surface area contributed by atoms with Crippen LogP contribution >= 0.6 is 11.6 Å². The molecular weight excluding hydrogens is 280 g/mol. The number of halogens is 1. The number of hydrogen-bond donors (Lipinski definition) is 0. The van der Waals surface area contributed by atoms with E-state index in [2.05, 4.69) is 0 Å². The number of rotatable bonds is 3. The van der Waals surface area contributed by atoms with Crippen LogP contribution in [0.25, 0.3) is 0 Å². The van der Waals surface area contributed by atoms with Crippen LogP contribution in [0.15, 0.2) is 15.8 Å². The van der Waals surface area contributed by atoms with Crippen molar-refractivity contribution in [3.63, 3.8) is 0 Å². The van der Waals surface area contributed by atoms with Crippen molar-refractivity contribution in [3.05, 3.63) is 32.6 Å². The first-order chi connectivity index (χ1) is 9.43. The van der Waals surface area contributed by atoms with Gasteiger partial charge in [0.05, 0.1) is 0 Å². The smallest absolute Gasteiger partial charge is 0.297 e. The van der Waals surface area contributed by atoms with Crippen molar-refractivity contribution in [2.45, 2.75) is 58.0 Å². The highest BCUT2D eigenvalue weighted by atomic mass is 35.5. The Kier molecular flexibility index (Phi) is 4.48. The van der Waals surface area contributed by atoms with E-state index in [1.807, 2.05) is 13.8 Å². The molecule has 0 saturated heterocycles. The average molecular weight is 299 g/mol. The third-order valence-electron chi connectivity index (χ3n) is 3.85. The molecule has 0 unspecified atom stereocenters. The standard InChI is InChI=1S/C14H19ClN2O3/c1-9(2)16-8-11(12(15)18)13(19)17(14(16)20)10-6-4-3-5-7-10/h8-10H,3-7H2,1-2H3. The first kappa shape index (κ1) is 15.0. The van der Waals surface area contributed by atoms with E-state index in [0.717, 1.165) is 32.1 Å². The highest BCUT2D eigenvalue weighted by Crippen LogP contribution is 2.26. The lowest BCUT2D eigenvalue weighted by atomic mass is 9.95. The highest BCUT2D eigenvalue weighted by Gasteiger charge is 2.24.